The quantitative estimate of drug-likeness (QED) is 0.340. The molecule has 1 spiro atoms. The van der Waals surface area contributed by atoms with Gasteiger partial charge in [0.25, 0.3) is 0 Å². The second-order valence-corrected chi connectivity index (χ2v) is 13.0. The summed E-state index contributed by atoms with van der Waals surface area (Å²) in [5, 5.41) is 16.0. The number of rotatable bonds is 10. The monoisotopic (exact) mass is 631 g/mol. The summed E-state index contributed by atoms with van der Waals surface area (Å²) in [4.78, 5) is 43.4. The molecule has 0 radical (unpaired) electrons. The number of hydrogen-bond acceptors (Lipinski definition) is 7. The normalized spacial score (nSPS) is 29.2. The fraction of sp³-hybridized carbons (Fsp3) is 0.483. The Labute approximate surface area is 246 Å². The van der Waals surface area contributed by atoms with Gasteiger partial charge < -0.3 is 30.1 Å². The molecular weight excluding hydrogens is 598 g/mol. The van der Waals surface area contributed by atoms with Gasteiger partial charge in [-0.05, 0) is 68.3 Å². The van der Waals surface area contributed by atoms with E-state index in [1.165, 1.54) is 0 Å². The highest BCUT2D eigenvalue weighted by Crippen LogP contribution is 2.68. The zero-order chi connectivity index (χ0) is 28.6. The van der Waals surface area contributed by atoms with E-state index in [0.29, 0.717) is 42.3 Å². The fourth-order valence-corrected chi connectivity index (χ4v) is 9.99. The van der Waals surface area contributed by atoms with E-state index in [1.807, 2.05) is 13.8 Å². The van der Waals surface area contributed by atoms with Crippen LogP contribution in [0.4, 0.5) is 11.4 Å². The van der Waals surface area contributed by atoms with Crippen molar-refractivity contribution in [1.82, 2.24) is 4.90 Å². The van der Waals surface area contributed by atoms with Crippen LogP contribution in [0.1, 0.15) is 26.7 Å². The number of benzene rings is 2. The molecule has 0 saturated carbocycles. The molecule has 11 heteroatoms. The molecule has 3 saturated heterocycles. The van der Waals surface area contributed by atoms with E-state index >= 15 is 0 Å². The van der Waals surface area contributed by atoms with Gasteiger partial charge in [-0.3, -0.25) is 14.4 Å². The van der Waals surface area contributed by atoms with Gasteiger partial charge in [-0.2, -0.15) is 0 Å². The third-order valence-electron chi connectivity index (χ3n) is 8.14. The number of fused-ring (bicyclic) bond motifs is 1. The number of carbonyl (C=O) groups is 3. The summed E-state index contributed by atoms with van der Waals surface area (Å²) in [5.41, 5.74) is 1.19. The molecule has 7 atom stereocenters. The highest BCUT2D eigenvalue weighted by Gasteiger charge is 2.76. The first-order chi connectivity index (χ1) is 19.3. The Morgan fingerprint density at radius 2 is 1.68 bits per heavy atom. The Kier molecular flexibility index (Phi) is 8.35. The van der Waals surface area contributed by atoms with Crippen molar-refractivity contribution in [2.75, 3.05) is 31.0 Å². The van der Waals surface area contributed by atoms with Crippen LogP contribution in [0, 0.1) is 11.8 Å². The zero-order valence-corrected chi connectivity index (χ0v) is 25.0. The number of methoxy groups -OCH3 is 1. The highest BCUT2D eigenvalue weighted by atomic mass is 79.9. The number of halogens is 1. The Hall–Kier alpha value is -2.76. The van der Waals surface area contributed by atoms with Gasteiger partial charge in [-0.15, -0.1) is 11.8 Å². The number of likely N-dealkylation sites (tertiary alicyclic amines) is 1. The number of ether oxygens (including phenoxy) is 2. The average molecular weight is 633 g/mol. The Balaban J connectivity index is 1.46. The smallest absolute Gasteiger partial charge is 0.248 e. The van der Waals surface area contributed by atoms with Gasteiger partial charge in [-0.25, -0.2) is 0 Å². The third-order valence-corrected chi connectivity index (χ3v) is 11.4. The molecule has 0 aromatic heterocycles. The lowest BCUT2D eigenvalue weighted by atomic mass is 9.70. The lowest BCUT2D eigenvalue weighted by molar-refractivity contribution is -0.141. The summed E-state index contributed by atoms with van der Waals surface area (Å²) in [6, 6.07) is 12.7. The predicted octanol–water partition coefficient (Wildman–Crippen LogP) is 3.91. The van der Waals surface area contributed by atoms with Gasteiger partial charge in [0.2, 0.25) is 17.7 Å². The van der Waals surface area contributed by atoms with Crippen LogP contribution in [0.25, 0.3) is 0 Å². The van der Waals surface area contributed by atoms with Crippen LogP contribution in [0.5, 0.6) is 11.5 Å². The van der Waals surface area contributed by atoms with Crippen molar-refractivity contribution in [1.29, 1.82) is 0 Å². The maximum absolute atomic E-state index is 14.2. The average Bonchev–Trinajstić information content (AvgIpc) is 3.54. The van der Waals surface area contributed by atoms with E-state index in [9.17, 15) is 19.5 Å². The Morgan fingerprint density at radius 1 is 1.07 bits per heavy atom. The van der Waals surface area contributed by atoms with Crippen molar-refractivity contribution in [3.8, 4) is 11.5 Å². The number of thioether (sulfide) groups is 1. The number of amides is 3. The topological polar surface area (TPSA) is 117 Å². The largest absolute Gasteiger partial charge is 0.497 e. The number of anilines is 2. The molecular formula is C29H34BrN3O6S. The van der Waals surface area contributed by atoms with E-state index in [2.05, 4.69) is 26.6 Å². The minimum Gasteiger partial charge on any atom is -0.497 e. The first-order valence-electron chi connectivity index (χ1n) is 13.5. The Morgan fingerprint density at radius 3 is 2.23 bits per heavy atom. The van der Waals surface area contributed by atoms with E-state index < -0.39 is 28.7 Å². The molecule has 9 nitrogen and oxygen atoms in total. The van der Waals surface area contributed by atoms with Gasteiger partial charge in [0.05, 0.1) is 42.9 Å². The fourth-order valence-electron chi connectivity index (χ4n) is 6.39. The van der Waals surface area contributed by atoms with Crippen LogP contribution < -0.4 is 20.1 Å². The van der Waals surface area contributed by atoms with E-state index in [1.54, 1.807) is 72.3 Å². The van der Waals surface area contributed by atoms with Crippen LogP contribution >= 0.6 is 27.7 Å². The van der Waals surface area contributed by atoms with Crippen molar-refractivity contribution in [2.24, 2.45) is 11.8 Å². The maximum Gasteiger partial charge on any atom is 0.248 e. The maximum atomic E-state index is 14.2. The second kappa shape index (κ2) is 11.6. The first-order valence-corrected chi connectivity index (χ1v) is 15.3. The molecule has 3 amide bonds. The standard InChI is InChI=1S/C29H34BrN3O6S/c1-4-18(15-34)33-25(27(36)32-17-6-10-19(38-3)11-7-17)29-14-21(30)24(40-29)22(23(29)28(33)37)26(35)31-16-8-12-20(13-9-16)39-5-2/h6-13,18,21-25,34H,4-5,14-15H2,1-3H3,(H,31,35)(H,32,36)/t18-,21?,22+,23-,24+,25?,29?/m0/s1. The summed E-state index contributed by atoms with van der Waals surface area (Å²) in [5.74, 6) is -0.790. The van der Waals surface area contributed by atoms with Crippen LogP contribution in [-0.2, 0) is 14.4 Å². The number of alkyl halides is 1. The molecule has 2 aromatic rings. The minimum atomic E-state index is -0.845. The molecule has 3 fully saturated rings. The molecule has 214 valence electrons. The number of aliphatic hydroxyl groups excluding tert-OH is 1. The van der Waals surface area contributed by atoms with Gasteiger partial charge in [0.1, 0.15) is 17.5 Å². The number of nitrogens with one attached hydrogen (secondary N) is 2. The number of hydrogen-bond donors (Lipinski definition) is 3. The van der Waals surface area contributed by atoms with Gasteiger partial charge in [0.15, 0.2) is 0 Å². The lowest BCUT2D eigenvalue weighted by Gasteiger charge is -2.37. The van der Waals surface area contributed by atoms with E-state index in [-0.39, 0.29) is 34.4 Å². The lowest BCUT2D eigenvalue weighted by Crippen LogP contribution is -2.55. The summed E-state index contributed by atoms with van der Waals surface area (Å²) in [7, 11) is 1.57. The van der Waals surface area contributed by atoms with Crippen molar-refractivity contribution in [3.05, 3.63) is 48.5 Å². The molecule has 5 rings (SSSR count). The molecule has 3 heterocycles. The molecule has 3 aliphatic heterocycles. The van der Waals surface area contributed by atoms with Crippen molar-refractivity contribution in [3.63, 3.8) is 0 Å². The summed E-state index contributed by atoms with van der Waals surface area (Å²) < 4.78 is 9.91. The number of nitrogens with zero attached hydrogens (tertiary/aromatic N) is 1. The molecule has 2 aromatic carbocycles. The van der Waals surface area contributed by atoms with Crippen LogP contribution in [0.2, 0.25) is 0 Å². The van der Waals surface area contributed by atoms with Crippen LogP contribution in [0.15, 0.2) is 48.5 Å². The van der Waals surface area contributed by atoms with Crippen molar-refractivity contribution in [2.45, 2.75) is 53.6 Å². The summed E-state index contributed by atoms with van der Waals surface area (Å²) in [6.07, 6.45) is 1.04. The van der Waals surface area contributed by atoms with Gasteiger partial charge >= 0.3 is 0 Å². The van der Waals surface area contributed by atoms with Crippen LogP contribution in [-0.4, -0.2) is 75.0 Å². The SMILES string of the molecule is CCOc1ccc(NC(=O)[C@H]2[C@@H]3SC4(CC3Br)C(C(=O)Nc3ccc(OC)cc3)N([C@@H](CC)CO)C(=O)[C@H]24)cc1. The van der Waals surface area contributed by atoms with Crippen LogP contribution in [0.3, 0.4) is 0 Å². The second-order valence-electron chi connectivity index (χ2n) is 10.3. The predicted molar refractivity (Wildman–Crippen MR) is 158 cm³/mol. The van der Waals surface area contributed by atoms with E-state index in [0.717, 1.165) is 0 Å². The van der Waals surface area contributed by atoms with Crippen molar-refractivity contribution < 1.29 is 29.0 Å². The summed E-state index contributed by atoms with van der Waals surface area (Å²) >= 11 is 5.34. The molecule has 3 N–H and O–H groups in total. The van der Waals surface area contributed by atoms with Gasteiger partial charge in [0, 0.05) is 21.5 Å². The molecule has 2 bridgehead atoms. The molecule has 40 heavy (non-hydrogen) atoms. The minimum absolute atomic E-state index is 0.0527. The molecule has 0 aliphatic carbocycles. The number of aliphatic hydroxyl groups is 1. The van der Waals surface area contributed by atoms with Gasteiger partial charge in [-0.1, -0.05) is 22.9 Å². The molecule has 3 unspecified atom stereocenters. The zero-order valence-electron chi connectivity index (χ0n) is 22.6. The molecule has 3 aliphatic rings. The first kappa shape index (κ1) is 28.8. The third kappa shape index (κ3) is 4.86. The highest BCUT2D eigenvalue weighted by molar-refractivity contribution is 9.09. The number of carbonyl (C=O) groups excluding carboxylic acids is 3. The summed E-state index contributed by atoms with van der Waals surface area (Å²) in [6.45, 7) is 4.06. The van der Waals surface area contributed by atoms with E-state index in [4.69, 9.17) is 9.47 Å². The Bertz CT molecular complexity index is 1260. The van der Waals surface area contributed by atoms with Crippen molar-refractivity contribution >= 4 is 56.8 Å².